The van der Waals surface area contributed by atoms with Gasteiger partial charge in [0, 0.05) is 22.2 Å². The third-order valence-electron chi connectivity index (χ3n) is 3.52. The Bertz CT molecular complexity index is 861. The van der Waals surface area contributed by atoms with Crippen LogP contribution >= 0.6 is 0 Å². The fourth-order valence-corrected chi connectivity index (χ4v) is 2.57. The largest absolute Gasteiger partial charge is 0.478 e. The molecule has 0 aliphatic heterocycles. The van der Waals surface area contributed by atoms with Crippen LogP contribution in [0.4, 0.5) is 0 Å². The number of carboxylic acids is 1. The van der Waals surface area contributed by atoms with Gasteiger partial charge in [-0.15, -0.1) is 0 Å². The first-order chi connectivity index (χ1) is 10.1. The number of carbonyl (C=O) groups is 2. The highest BCUT2D eigenvalue weighted by atomic mass is 16.4. The number of nitrogens with one attached hydrogen (secondary N) is 1. The van der Waals surface area contributed by atoms with Crippen LogP contribution in [0, 0.1) is 6.92 Å². The summed E-state index contributed by atoms with van der Waals surface area (Å²) in [5.41, 5.74) is 2.36. The van der Waals surface area contributed by atoms with Crippen molar-refractivity contribution in [2.45, 2.75) is 6.92 Å². The monoisotopic (exact) mass is 279 g/mol. The molecule has 3 aromatic rings. The molecule has 0 saturated carbocycles. The summed E-state index contributed by atoms with van der Waals surface area (Å²) in [6, 6.07) is 13.8. The highest BCUT2D eigenvalue weighted by Crippen LogP contribution is 2.25. The Morgan fingerprint density at radius 3 is 2.29 bits per heavy atom. The molecule has 0 aliphatic rings. The molecule has 0 amide bonds. The van der Waals surface area contributed by atoms with Gasteiger partial charge in [0.25, 0.3) is 0 Å². The zero-order valence-corrected chi connectivity index (χ0v) is 11.4. The van der Waals surface area contributed by atoms with E-state index in [2.05, 4.69) is 4.98 Å². The summed E-state index contributed by atoms with van der Waals surface area (Å²) in [7, 11) is 0. The Hall–Kier alpha value is -2.88. The molecule has 0 fully saturated rings. The van der Waals surface area contributed by atoms with Crippen molar-refractivity contribution in [2.75, 3.05) is 0 Å². The molecule has 4 heteroatoms. The zero-order valence-electron chi connectivity index (χ0n) is 11.4. The molecule has 1 aromatic heterocycles. The second kappa shape index (κ2) is 4.90. The highest BCUT2D eigenvalue weighted by molar-refractivity contribution is 6.20. The quantitative estimate of drug-likeness (QED) is 0.722. The molecule has 104 valence electrons. The van der Waals surface area contributed by atoms with Crippen molar-refractivity contribution >= 4 is 22.7 Å². The lowest BCUT2D eigenvalue weighted by atomic mass is 9.96. The number of hydrogen-bond donors (Lipinski definition) is 2. The van der Waals surface area contributed by atoms with Crippen molar-refractivity contribution in [2.24, 2.45) is 0 Å². The molecule has 0 radical (unpaired) electrons. The number of aromatic amines is 1. The number of ketones is 1. The molecular weight excluding hydrogens is 266 g/mol. The van der Waals surface area contributed by atoms with Gasteiger partial charge in [-0.25, -0.2) is 4.79 Å². The first kappa shape index (κ1) is 13.1. The maximum Gasteiger partial charge on any atom is 0.336 e. The summed E-state index contributed by atoms with van der Waals surface area (Å²) in [6.45, 7) is 1.82. The molecule has 0 atom stereocenters. The summed E-state index contributed by atoms with van der Waals surface area (Å²) in [5.74, 6) is -1.38. The smallest absolute Gasteiger partial charge is 0.336 e. The molecule has 1 heterocycles. The van der Waals surface area contributed by atoms with Gasteiger partial charge in [-0.2, -0.15) is 0 Å². The average molecular weight is 279 g/mol. The Morgan fingerprint density at radius 2 is 1.57 bits per heavy atom. The SMILES string of the molecule is Cc1[nH]c2ccccc2c1C(=O)c1ccccc1C(=O)O. The van der Waals surface area contributed by atoms with E-state index in [9.17, 15) is 14.7 Å². The van der Waals surface area contributed by atoms with Crippen molar-refractivity contribution in [3.8, 4) is 0 Å². The molecule has 0 unspecified atom stereocenters. The molecule has 4 nitrogen and oxygen atoms in total. The van der Waals surface area contributed by atoms with Gasteiger partial charge in [-0.3, -0.25) is 4.79 Å². The van der Waals surface area contributed by atoms with E-state index >= 15 is 0 Å². The van der Waals surface area contributed by atoms with Crippen LogP contribution in [0.15, 0.2) is 48.5 Å². The van der Waals surface area contributed by atoms with Crippen molar-refractivity contribution in [3.63, 3.8) is 0 Å². The van der Waals surface area contributed by atoms with Gasteiger partial charge < -0.3 is 10.1 Å². The topological polar surface area (TPSA) is 70.2 Å². The van der Waals surface area contributed by atoms with E-state index in [1.807, 2.05) is 31.2 Å². The van der Waals surface area contributed by atoms with E-state index in [1.54, 1.807) is 18.2 Å². The predicted octanol–water partition coefficient (Wildman–Crippen LogP) is 3.41. The van der Waals surface area contributed by atoms with Gasteiger partial charge in [0.1, 0.15) is 0 Å². The van der Waals surface area contributed by atoms with Gasteiger partial charge in [-0.1, -0.05) is 36.4 Å². The van der Waals surface area contributed by atoms with Gasteiger partial charge >= 0.3 is 5.97 Å². The maximum atomic E-state index is 12.8. The van der Waals surface area contributed by atoms with E-state index < -0.39 is 5.97 Å². The Balaban J connectivity index is 2.22. The molecular formula is C17H13NO3. The lowest BCUT2D eigenvalue weighted by molar-refractivity contribution is 0.0693. The number of rotatable bonds is 3. The normalized spacial score (nSPS) is 10.7. The number of hydrogen-bond acceptors (Lipinski definition) is 2. The van der Waals surface area contributed by atoms with Gasteiger partial charge in [0.2, 0.25) is 0 Å². The minimum atomic E-state index is -1.10. The summed E-state index contributed by atoms with van der Waals surface area (Å²) in [5, 5.41) is 10.0. The standard InChI is InChI=1S/C17H13NO3/c1-10-15(13-8-4-5-9-14(13)18-10)16(19)11-6-2-3-7-12(11)17(20)21/h2-9,18H,1H3,(H,20,21). The van der Waals surface area contributed by atoms with E-state index in [0.717, 1.165) is 16.6 Å². The number of aromatic carboxylic acids is 1. The predicted molar refractivity (Wildman–Crippen MR) is 79.9 cm³/mol. The number of aryl methyl sites for hydroxylation is 1. The first-order valence-electron chi connectivity index (χ1n) is 6.54. The number of fused-ring (bicyclic) bond motifs is 1. The lowest BCUT2D eigenvalue weighted by Gasteiger charge is -2.05. The fourth-order valence-electron chi connectivity index (χ4n) is 2.57. The summed E-state index contributed by atoms with van der Waals surface area (Å²) >= 11 is 0. The van der Waals surface area contributed by atoms with Crippen LogP contribution < -0.4 is 0 Å². The van der Waals surface area contributed by atoms with Crippen LogP contribution in [0.3, 0.4) is 0 Å². The molecule has 2 aromatic carbocycles. The molecule has 2 N–H and O–H groups in total. The third kappa shape index (κ3) is 2.10. The minimum absolute atomic E-state index is 0.0205. The number of aromatic nitrogens is 1. The van der Waals surface area contributed by atoms with Crippen molar-refractivity contribution in [1.29, 1.82) is 0 Å². The highest BCUT2D eigenvalue weighted by Gasteiger charge is 2.21. The molecule has 21 heavy (non-hydrogen) atoms. The Labute approximate surface area is 121 Å². The molecule has 0 aliphatic carbocycles. The van der Waals surface area contributed by atoms with E-state index in [4.69, 9.17) is 0 Å². The second-order valence-electron chi connectivity index (χ2n) is 4.85. The number of carbonyl (C=O) groups excluding carboxylic acids is 1. The second-order valence-corrected chi connectivity index (χ2v) is 4.85. The average Bonchev–Trinajstić information content (AvgIpc) is 2.82. The van der Waals surface area contributed by atoms with Crippen molar-refractivity contribution in [3.05, 3.63) is 70.9 Å². The van der Waals surface area contributed by atoms with E-state index in [1.165, 1.54) is 6.07 Å². The van der Waals surface area contributed by atoms with Crippen LogP contribution in [0.1, 0.15) is 32.0 Å². The minimum Gasteiger partial charge on any atom is -0.478 e. The van der Waals surface area contributed by atoms with E-state index in [0.29, 0.717) is 5.56 Å². The van der Waals surface area contributed by atoms with Crippen LogP contribution in [0.25, 0.3) is 10.9 Å². The summed E-state index contributed by atoms with van der Waals surface area (Å²) in [6.07, 6.45) is 0. The van der Waals surface area contributed by atoms with Crippen LogP contribution in [0.5, 0.6) is 0 Å². The number of H-pyrrole nitrogens is 1. The summed E-state index contributed by atoms with van der Waals surface area (Å²) in [4.78, 5) is 27.2. The summed E-state index contributed by atoms with van der Waals surface area (Å²) < 4.78 is 0. The third-order valence-corrected chi connectivity index (χ3v) is 3.52. The molecule has 0 saturated heterocycles. The molecule has 0 spiro atoms. The Morgan fingerprint density at radius 1 is 0.952 bits per heavy atom. The van der Waals surface area contributed by atoms with Crippen LogP contribution in [0.2, 0.25) is 0 Å². The van der Waals surface area contributed by atoms with E-state index in [-0.39, 0.29) is 16.9 Å². The molecule has 3 rings (SSSR count). The number of para-hydroxylation sites is 1. The van der Waals surface area contributed by atoms with Crippen LogP contribution in [-0.4, -0.2) is 21.8 Å². The van der Waals surface area contributed by atoms with Crippen molar-refractivity contribution in [1.82, 2.24) is 4.98 Å². The lowest BCUT2D eigenvalue weighted by Crippen LogP contribution is -2.10. The fraction of sp³-hybridized carbons (Fsp3) is 0.0588. The van der Waals surface area contributed by atoms with Crippen molar-refractivity contribution < 1.29 is 14.7 Å². The molecule has 0 bridgehead atoms. The number of carboxylic acid groups (broad SMARTS) is 1. The van der Waals surface area contributed by atoms with Gasteiger partial charge in [-0.05, 0) is 19.1 Å². The first-order valence-corrected chi connectivity index (χ1v) is 6.54. The van der Waals surface area contributed by atoms with Crippen LogP contribution in [-0.2, 0) is 0 Å². The number of benzene rings is 2. The van der Waals surface area contributed by atoms with Gasteiger partial charge in [0.15, 0.2) is 5.78 Å². The Kier molecular flexibility index (Phi) is 3.06. The van der Waals surface area contributed by atoms with Gasteiger partial charge in [0.05, 0.1) is 11.1 Å². The maximum absolute atomic E-state index is 12.8. The zero-order chi connectivity index (χ0) is 15.0.